The summed E-state index contributed by atoms with van der Waals surface area (Å²) in [6.07, 6.45) is 1.14. The lowest BCUT2D eigenvalue weighted by molar-refractivity contribution is -0.145. The summed E-state index contributed by atoms with van der Waals surface area (Å²) in [7, 11) is 1.23. The Balaban J connectivity index is 1.70. The number of amides is 2. The van der Waals surface area contributed by atoms with Gasteiger partial charge in [0.1, 0.15) is 6.04 Å². The number of aryl methyl sites for hydroxylation is 1. The quantitative estimate of drug-likeness (QED) is 0.322. The van der Waals surface area contributed by atoms with Crippen LogP contribution in [-0.2, 0) is 35.1 Å². The molecule has 9 nitrogen and oxygen atoms in total. The van der Waals surface area contributed by atoms with Crippen molar-refractivity contribution in [3.8, 4) is 0 Å². The van der Waals surface area contributed by atoms with Crippen molar-refractivity contribution in [3.05, 3.63) is 35.9 Å². The Kier molecular flexibility index (Phi) is 9.89. The van der Waals surface area contributed by atoms with E-state index in [4.69, 9.17) is 17.0 Å². The van der Waals surface area contributed by atoms with E-state index in [1.54, 1.807) is 0 Å². The highest BCUT2D eigenvalue weighted by Gasteiger charge is 2.34. The number of ether oxygens (including phenoxy) is 2. The second-order valence-electron chi connectivity index (χ2n) is 6.94. The molecule has 1 aliphatic rings. The van der Waals surface area contributed by atoms with Gasteiger partial charge in [-0.1, -0.05) is 30.3 Å². The van der Waals surface area contributed by atoms with E-state index in [0.29, 0.717) is 19.5 Å². The first-order valence-electron chi connectivity index (χ1n) is 10.0. The first kappa shape index (κ1) is 24.3. The third-order valence-electron chi connectivity index (χ3n) is 4.70. The van der Waals surface area contributed by atoms with Gasteiger partial charge in [0.25, 0.3) is 0 Å². The second kappa shape index (κ2) is 12.6. The van der Waals surface area contributed by atoms with Gasteiger partial charge in [0.15, 0.2) is 5.11 Å². The largest absolute Gasteiger partial charge is 0.469 e. The zero-order valence-corrected chi connectivity index (χ0v) is 18.2. The summed E-state index contributed by atoms with van der Waals surface area (Å²) in [4.78, 5) is 49.1. The molecule has 168 valence electrons. The number of carbonyl (C=O) groups is 4. The Hall–Kier alpha value is -3.01. The van der Waals surface area contributed by atoms with E-state index in [-0.39, 0.29) is 36.9 Å². The minimum atomic E-state index is -0.858. The van der Waals surface area contributed by atoms with Crippen molar-refractivity contribution >= 4 is 41.1 Å². The molecule has 2 N–H and O–H groups in total. The van der Waals surface area contributed by atoms with Gasteiger partial charge in [-0.3, -0.25) is 19.2 Å². The molecule has 0 bridgehead atoms. The Morgan fingerprint density at radius 2 is 1.94 bits per heavy atom. The van der Waals surface area contributed by atoms with Gasteiger partial charge in [0.2, 0.25) is 11.8 Å². The lowest BCUT2D eigenvalue weighted by Crippen LogP contribution is -2.60. The lowest BCUT2D eigenvalue weighted by Gasteiger charge is -2.36. The van der Waals surface area contributed by atoms with Crippen molar-refractivity contribution < 1.29 is 28.7 Å². The van der Waals surface area contributed by atoms with Crippen LogP contribution in [0.2, 0.25) is 0 Å². The number of hydrogen-bond donors (Lipinski definition) is 2. The third kappa shape index (κ3) is 8.33. The fraction of sp³-hybridized carbons (Fsp3) is 0.476. The van der Waals surface area contributed by atoms with Crippen LogP contribution in [0, 0.1) is 0 Å². The molecule has 0 aromatic heterocycles. The predicted molar refractivity (Wildman–Crippen MR) is 116 cm³/mol. The molecular formula is C21H27N3O6S. The number of nitrogens with zero attached hydrogens (tertiary/aromatic N) is 1. The molecule has 10 heteroatoms. The smallest absolute Gasteiger partial charge is 0.308 e. The molecule has 1 aromatic rings. The fourth-order valence-corrected chi connectivity index (χ4v) is 3.38. The highest BCUT2D eigenvalue weighted by molar-refractivity contribution is 7.80. The van der Waals surface area contributed by atoms with Crippen LogP contribution in [0.15, 0.2) is 30.3 Å². The minimum Gasteiger partial charge on any atom is -0.469 e. The summed E-state index contributed by atoms with van der Waals surface area (Å²) < 4.78 is 9.77. The molecule has 1 aromatic carbocycles. The van der Waals surface area contributed by atoms with Crippen molar-refractivity contribution in [2.45, 2.75) is 38.1 Å². The molecule has 1 heterocycles. The molecule has 0 radical (unpaired) electrons. The topological polar surface area (TPSA) is 114 Å². The van der Waals surface area contributed by atoms with Gasteiger partial charge >= 0.3 is 11.9 Å². The average molecular weight is 450 g/mol. The van der Waals surface area contributed by atoms with E-state index < -0.39 is 23.9 Å². The Morgan fingerprint density at radius 3 is 2.65 bits per heavy atom. The molecule has 0 saturated carbocycles. The summed E-state index contributed by atoms with van der Waals surface area (Å²) >= 11 is 5.23. The summed E-state index contributed by atoms with van der Waals surface area (Å²) in [6.45, 7) is 0.962. The average Bonchev–Trinajstić information content (AvgIpc) is 2.77. The van der Waals surface area contributed by atoms with Gasteiger partial charge < -0.3 is 25.0 Å². The van der Waals surface area contributed by atoms with Crippen LogP contribution >= 0.6 is 12.2 Å². The minimum absolute atomic E-state index is 0.0324. The van der Waals surface area contributed by atoms with Gasteiger partial charge in [-0.25, -0.2) is 0 Å². The molecule has 31 heavy (non-hydrogen) atoms. The molecule has 1 aliphatic heterocycles. The highest BCUT2D eigenvalue weighted by Crippen LogP contribution is 2.11. The summed E-state index contributed by atoms with van der Waals surface area (Å²) in [5.74, 6) is -1.85. The van der Waals surface area contributed by atoms with E-state index in [1.807, 2.05) is 30.3 Å². The maximum Gasteiger partial charge on any atom is 0.308 e. The van der Waals surface area contributed by atoms with E-state index >= 15 is 0 Å². The number of thiocarbonyl (C=S) groups is 1. The van der Waals surface area contributed by atoms with E-state index in [2.05, 4.69) is 15.4 Å². The molecule has 1 unspecified atom stereocenters. The predicted octanol–water partition coefficient (Wildman–Crippen LogP) is 0.707. The van der Waals surface area contributed by atoms with Crippen LogP contribution in [-0.4, -0.2) is 66.6 Å². The molecule has 2 rings (SSSR count). The Bertz CT molecular complexity index is 802. The Morgan fingerprint density at radius 1 is 1.19 bits per heavy atom. The van der Waals surface area contributed by atoms with E-state index in [1.165, 1.54) is 17.6 Å². The molecule has 0 spiro atoms. The third-order valence-corrected chi connectivity index (χ3v) is 5.03. The number of esters is 2. The number of nitrogens with one attached hydrogen (secondary N) is 2. The van der Waals surface area contributed by atoms with Crippen LogP contribution < -0.4 is 10.6 Å². The van der Waals surface area contributed by atoms with Crippen molar-refractivity contribution in [2.75, 3.05) is 26.8 Å². The molecule has 1 saturated heterocycles. The van der Waals surface area contributed by atoms with Gasteiger partial charge in [-0.05, 0) is 30.6 Å². The number of hydrogen-bond acceptors (Lipinski definition) is 7. The maximum atomic E-state index is 12.2. The van der Waals surface area contributed by atoms with Crippen LogP contribution in [0.25, 0.3) is 0 Å². The summed E-state index contributed by atoms with van der Waals surface area (Å²) in [6, 6.07) is 9.02. The zero-order valence-electron chi connectivity index (χ0n) is 17.4. The van der Waals surface area contributed by atoms with Crippen molar-refractivity contribution in [3.63, 3.8) is 0 Å². The zero-order chi connectivity index (χ0) is 22.6. The number of piperazine rings is 1. The van der Waals surface area contributed by atoms with Gasteiger partial charge in [-0.15, -0.1) is 0 Å². The first-order chi connectivity index (χ1) is 14.9. The fourth-order valence-electron chi connectivity index (χ4n) is 3.05. The highest BCUT2D eigenvalue weighted by atomic mass is 32.1. The second-order valence-corrected chi connectivity index (χ2v) is 7.33. The SMILES string of the molecule is COC(=O)CC1C(=O)NCCN1C(=S)NC(=O)CCC(=O)OCCCc1ccccc1. The molecular weight excluding hydrogens is 422 g/mol. The molecule has 1 atom stereocenters. The van der Waals surface area contributed by atoms with E-state index in [0.717, 1.165) is 6.42 Å². The van der Waals surface area contributed by atoms with Crippen LogP contribution in [0.5, 0.6) is 0 Å². The molecule has 0 aliphatic carbocycles. The number of methoxy groups -OCH3 is 1. The van der Waals surface area contributed by atoms with Gasteiger partial charge in [-0.2, -0.15) is 0 Å². The summed E-state index contributed by atoms with van der Waals surface area (Å²) in [5, 5.41) is 5.20. The standard InChI is InChI=1S/C21H27N3O6S/c1-29-19(27)14-16-20(28)22-11-12-24(16)21(31)23-17(25)9-10-18(26)30-13-5-8-15-6-3-2-4-7-15/h2-4,6-7,16H,5,8-14H2,1H3,(H,22,28)(H,23,25,31). The monoisotopic (exact) mass is 449 g/mol. The Labute approximate surface area is 186 Å². The normalized spacial score (nSPS) is 15.6. The van der Waals surface area contributed by atoms with Crippen LogP contribution in [0.3, 0.4) is 0 Å². The summed E-state index contributed by atoms with van der Waals surface area (Å²) in [5.41, 5.74) is 1.17. The van der Waals surface area contributed by atoms with Crippen LogP contribution in [0.1, 0.15) is 31.2 Å². The molecule has 2 amide bonds. The van der Waals surface area contributed by atoms with Crippen molar-refractivity contribution in [2.24, 2.45) is 0 Å². The maximum absolute atomic E-state index is 12.2. The number of carbonyl (C=O) groups excluding carboxylic acids is 4. The molecule has 1 fully saturated rings. The van der Waals surface area contributed by atoms with E-state index in [9.17, 15) is 19.2 Å². The van der Waals surface area contributed by atoms with Gasteiger partial charge in [0.05, 0.1) is 26.6 Å². The first-order valence-corrected chi connectivity index (χ1v) is 10.5. The lowest BCUT2D eigenvalue weighted by atomic mass is 10.1. The van der Waals surface area contributed by atoms with Crippen molar-refractivity contribution in [1.82, 2.24) is 15.5 Å². The van der Waals surface area contributed by atoms with Crippen molar-refractivity contribution in [1.29, 1.82) is 0 Å². The number of benzene rings is 1. The van der Waals surface area contributed by atoms with Gasteiger partial charge in [0, 0.05) is 19.5 Å². The van der Waals surface area contributed by atoms with Crippen LogP contribution in [0.4, 0.5) is 0 Å². The number of rotatable bonds is 9.